The van der Waals surface area contributed by atoms with Crippen LogP contribution in [0.3, 0.4) is 0 Å². The Kier molecular flexibility index (Phi) is 3.29. The Morgan fingerprint density at radius 1 is 1.33 bits per heavy atom. The zero-order chi connectivity index (χ0) is 12.5. The molecule has 1 aliphatic rings. The van der Waals surface area contributed by atoms with Crippen molar-refractivity contribution in [2.75, 3.05) is 5.88 Å². The number of hydrogen-bond donors (Lipinski definition) is 0. The molecule has 1 fully saturated rings. The lowest BCUT2D eigenvalue weighted by molar-refractivity contribution is 0.639. The predicted molar refractivity (Wildman–Crippen MR) is 76.3 cm³/mol. The van der Waals surface area contributed by atoms with Crippen LogP contribution in [0.1, 0.15) is 43.0 Å². The number of hydrogen-bond acceptors (Lipinski definition) is 1. The maximum Gasteiger partial charge on any atom is 0.112 e. The van der Waals surface area contributed by atoms with Gasteiger partial charge in [-0.1, -0.05) is 18.9 Å². The Balaban J connectivity index is 2.03. The molecule has 0 radical (unpaired) electrons. The molecule has 0 amide bonds. The molecule has 96 valence electrons. The Hall–Kier alpha value is -1.02. The van der Waals surface area contributed by atoms with Gasteiger partial charge in [0.15, 0.2) is 0 Å². The van der Waals surface area contributed by atoms with Gasteiger partial charge in [-0.15, -0.1) is 11.6 Å². The third-order valence-electron chi connectivity index (χ3n) is 4.08. The molecule has 18 heavy (non-hydrogen) atoms. The molecule has 0 spiro atoms. The van der Waals surface area contributed by atoms with Gasteiger partial charge in [0.1, 0.15) is 5.82 Å². The van der Waals surface area contributed by atoms with Crippen LogP contribution in [-0.4, -0.2) is 15.4 Å². The summed E-state index contributed by atoms with van der Waals surface area (Å²) < 4.78 is 2.27. The lowest BCUT2D eigenvalue weighted by Gasteiger charge is -2.08. The van der Waals surface area contributed by atoms with Crippen molar-refractivity contribution < 1.29 is 0 Å². The van der Waals surface area contributed by atoms with Gasteiger partial charge >= 0.3 is 0 Å². The van der Waals surface area contributed by atoms with E-state index in [1.165, 1.54) is 42.6 Å². The Labute approximate surface area is 113 Å². The fraction of sp³-hybridized carbons (Fsp3) is 0.533. The summed E-state index contributed by atoms with van der Waals surface area (Å²) in [6.45, 7) is 0. The quantitative estimate of drug-likeness (QED) is 0.764. The number of nitrogens with zero attached hydrogens (tertiary/aromatic N) is 2. The number of benzene rings is 1. The van der Waals surface area contributed by atoms with Crippen molar-refractivity contribution in [3.05, 3.63) is 29.6 Å². The number of rotatable bonds is 3. The van der Waals surface area contributed by atoms with Crippen molar-refractivity contribution in [1.29, 1.82) is 0 Å². The predicted octanol–water partition coefficient (Wildman–Crippen LogP) is 4.01. The Bertz CT molecular complexity index is 553. The SMILES string of the molecule is Cn1c(C2CCCC2)nc2cc(CCCl)ccc21. The first kappa shape index (κ1) is 12.0. The van der Waals surface area contributed by atoms with Crippen LogP contribution in [-0.2, 0) is 13.5 Å². The topological polar surface area (TPSA) is 17.8 Å². The van der Waals surface area contributed by atoms with Gasteiger partial charge < -0.3 is 4.57 Å². The number of halogens is 1. The zero-order valence-electron chi connectivity index (χ0n) is 10.8. The molecule has 0 aliphatic heterocycles. The zero-order valence-corrected chi connectivity index (χ0v) is 11.6. The molecule has 1 heterocycles. The van der Waals surface area contributed by atoms with Gasteiger partial charge in [0, 0.05) is 18.8 Å². The minimum Gasteiger partial charge on any atom is -0.331 e. The van der Waals surface area contributed by atoms with Crippen LogP contribution in [0.5, 0.6) is 0 Å². The largest absolute Gasteiger partial charge is 0.331 e. The molecule has 0 N–H and O–H groups in total. The fourth-order valence-corrected chi connectivity index (χ4v) is 3.30. The van der Waals surface area contributed by atoms with Gasteiger partial charge in [0.2, 0.25) is 0 Å². The van der Waals surface area contributed by atoms with E-state index in [4.69, 9.17) is 16.6 Å². The van der Waals surface area contributed by atoms with Crippen molar-refractivity contribution in [3.63, 3.8) is 0 Å². The minimum absolute atomic E-state index is 0.666. The smallest absolute Gasteiger partial charge is 0.112 e. The molecule has 0 bridgehead atoms. The molecule has 2 nitrogen and oxygen atoms in total. The van der Waals surface area contributed by atoms with E-state index in [0.29, 0.717) is 11.8 Å². The van der Waals surface area contributed by atoms with E-state index in [-0.39, 0.29) is 0 Å². The van der Waals surface area contributed by atoms with Gasteiger partial charge in [-0.05, 0) is 37.0 Å². The molecule has 0 unspecified atom stereocenters. The molecule has 1 aromatic heterocycles. The number of fused-ring (bicyclic) bond motifs is 1. The van der Waals surface area contributed by atoms with Crippen molar-refractivity contribution >= 4 is 22.6 Å². The van der Waals surface area contributed by atoms with E-state index in [1.807, 2.05) is 0 Å². The highest BCUT2D eigenvalue weighted by atomic mass is 35.5. The van der Waals surface area contributed by atoms with Crippen LogP contribution in [0.4, 0.5) is 0 Å². The van der Waals surface area contributed by atoms with E-state index in [1.54, 1.807) is 0 Å². The van der Waals surface area contributed by atoms with Crippen LogP contribution < -0.4 is 0 Å². The highest BCUT2D eigenvalue weighted by molar-refractivity contribution is 6.18. The van der Waals surface area contributed by atoms with Gasteiger partial charge in [-0.2, -0.15) is 0 Å². The van der Waals surface area contributed by atoms with E-state index in [0.717, 1.165) is 11.9 Å². The average Bonchev–Trinajstić information content (AvgIpc) is 2.98. The van der Waals surface area contributed by atoms with Crippen molar-refractivity contribution in [3.8, 4) is 0 Å². The highest BCUT2D eigenvalue weighted by Gasteiger charge is 2.22. The van der Waals surface area contributed by atoms with Crippen molar-refractivity contribution in [1.82, 2.24) is 9.55 Å². The summed E-state index contributed by atoms with van der Waals surface area (Å²) in [7, 11) is 2.14. The summed E-state index contributed by atoms with van der Waals surface area (Å²) in [5, 5.41) is 0. The molecule has 1 aromatic carbocycles. The fourth-order valence-electron chi connectivity index (χ4n) is 3.08. The first-order chi connectivity index (χ1) is 8.79. The van der Waals surface area contributed by atoms with Gasteiger partial charge in [0.25, 0.3) is 0 Å². The summed E-state index contributed by atoms with van der Waals surface area (Å²) >= 11 is 5.80. The molecular formula is C15H19ClN2. The second kappa shape index (κ2) is 4.93. The summed E-state index contributed by atoms with van der Waals surface area (Å²) in [5.41, 5.74) is 3.66. The van der Waals surface area contributed by atoms with E-state index < -0.39 is 0 Å². The number of aryl methyl sites for hydroxylation is 2. The number of imidazole rings is 1. The highest BCUT2D eigenvalue weighted by Crippen LogP contribution is 2.34. The summed E-state index contributed by atoms with van der Waals surface area (Å²) in [6.07, 6.45) is 6.22. The van der Waals surface area contributed by atoms with E-state index in [9.17, 15) is 0 Å². The number of alkyl halides is 1. The van der Waals surface area contributed by atoms with Crippen molar-refractivity contribution in [2.45, 2.75) is 38.0 Å². The average molecular weight is 263 g/mol. The standard InChI is InChI=1S/C15H19ClN2/c1-18-14-7-6-11(8-9-16)10-13(14)17-15(18)12-4-2-3-5-12/h6-7,10,12H,2-5,8-9H2,1H3. The van der Waals surface area contributed by atoms with Gasteiger partial charge in [-0.25, -0.2) is 4.98 Å². The van der Waals surface area contributed by atoms with Crippen LogP contribution in [0.15, 0.2) is 18.2 Å². The maximum atomic E-state index is 5.80. The maximum absolute atomic E-state index is 5.80. The van der Waals surface area contributed by atoms with Crippen LogP contribution in [0, 0.1) is 0 Å². The van der Waals surface area contributed by atoms with Gasteiger partial charge in [-0.3, -0.25) is 0 Å². The van der Waals surface area contributed by atoms with Crippen LogP contribution >= 0.6 is 11.6 Å². The van der Waals surface area contributed by atoms with Crippen LogP contribution in [0.2, 0.25) is 0 Å². The summed E-state index contributed by atoms with van der Waals surface area (Å²) in [6, 6.07) is 6.55. The molecule has 1 saturated carbocycles. The minimum atomic E-state index is 0.666. The second-order valence-corrected chi connectivity index (χ2v) is 5.65. The molecule has 0 saturated heterocycles. The molecule has 0 atom stereocenters. The molecule has 3 rings (SSSR count). The Morgan fingerprint density at radius 2 is 2.11 bits per heavy atom. The summed E-state index contributed by atoms with van der Waals surface area (Å²) in [4.78, 5) is 4.86. The first-order valence-electron chi connectivity index (χ1n) is 6.81. The molecular weight excluding hydrogens is 244 g/mol. The third kappa shape index (κ3) is 2.03. The second-order valence-electron chi connectivity index (χ2n) is 5.27. The molecule has 1 aliphatic carbocycles. The summed E-state index contributed by atoms with van der Waals surface area (Å²) in [5.74, 6) is 2.61. The Morgan fingerprint density at radius 3 is 2.83 bits per heavy atom. The molecule has 2 aromatic rings. The molecule has 3 heteroatoms. The number of aromatic nitrogens is 2. The first-order valence-corrected chi connectivity index (χ1v) is 7.34. The van der Waals surface area contributed by atoms with E-state index >= 15 is 0 Å². The monoisotopic (exact) mass is 262 g/mol. The van der Waals surface area contributed by atoms with Gasteiger partial charge in [0.05, 0.1) is 11.0 Å². The lowest BCUT2D eigenvalue weighted by atomic mass is 10.1. The third-order valence-corrected chi connectivity index (χ3v) is 4.27. The lowest BCUT2D eigenvalue weighted by Crippen LogP contribution is -2.02. The normalized spacial score (nSPS) is 16.8. The van der Waals surface area contributed by atoms with E-state index in [2.05, 4.69) is 29.8 Å². The van der Waals surface area contributed by atoms with Crippen molar-refractivity contribution in [2.24, 2.45) is 7.05 Å². The van der Waals surface area contributed by atoms with Crippen LogP contribution in [0.25, 0.3) is 11.0 Å².